The van der Waals surface area contributed by atoms with Crippen molar-refractivity contribution in [2.45, 2.75) is 65.3 Å². The van der Waals surface area contributed by atoms with Crippen molar-refractivity contribution in [3.8, 4) is 0 Å². The van der Waals surface area contributed by atoms with Gasteiger partial charge in [-0.15, -0.1) is 0 Å². The molecule has 120 valence electrons. The Morgan fingerprint density at radius 1 is 1.32 bits per heavy atom. The van der Waals surface area contributed by atoms with Crippen LogP contribution in [-0.4, -0.2) is 11.8 Å². The molecule has 0 amide bonds. The predicted octanol–water partition coefficient (Wildman–Crippen LogP) is 4.63. The van der Waals surface area contributed by atoms with E-state index in [0.717, 1.165) is 5.69 Å². The number of hydrogen-bond acceptors (Lipinski definition) is 3. The van der Waals surface area contributed by atoms with E-state index in [4.69, 9.17) is 5.73 Å². The first-order valence-electron chi connectivity index (χ1n) is 8.52. The van der Waals surface area contributed by atoms with Gasteiger partial charge in [0.05, 0.1) is 11.4 Å². The fourth-order valence-electron chi connectivity index (χ4n) is 4.37. The maximum atomic E-state index is 11.8. The molecule has 0 bridgehead atoms. The van der Waals surface area contributed by atoms with Gasteiger partial charge in [-0.3, -0.25) is 4.79 Å². The lowest BCUT2D eigenvalue weighted by atomic mass is 9.68. The summed E-state index contributed by atoms with van der Waals surface area (Å²) in [7, 11) is 0. The van der Waals surface area contributed by atoms with Crippen LogP contribution in [0.25, 0.3) is 0 Å². The van der Waals surface area contributed by atoms with Crippen LogP contribution < -0.4 is 11.1 Å². The Hall–Kier alpha value is -1.51. The molecule has 0 heterocycles. The summed E-state index contributed by atoms with van der Waals surface area (Å²) < 4.78 is 0. The Morgan fingerprint density at radius 3 is 2.64 bits per heavy atom. The number of anilines is 2. The van der Waals surface area contributed by atoms with Crippen molar-refractivity contribution < 1.29 is 4.79 Å². The van der Waals surface area contributed by atoms with Gasteiger partial charge in [-0.05, 0) is 61.1 Å². The third-order valence-electron chi connectivity index (χ3n) is 5.34. The number of benzene rings is 1. The fourth-order valence-corrected chi connectivity index (χ4v) is 4.37. The molecule has 3 rings (SSSR count). The van der Waals surface area contributed by atoms with E-state index in [9.17, 15) is 4.79 Å². The van der Waals surface area contributed by atoms with Crippen molar-refractivity contribution in [2.75, 3.05) is 11.1 Å². The second-order valence-corrected chi connectivity index (χ2v) is 8.17. The molecule has 2 saturated carbocycles. The first-order chi connectivity index (χ1) is 10.3. The highest BCUT2D eigenvalue weighted by Gasteiger charge is 2.51. The first kappa shape index (κ1) is 15.4. The van der Waals surface area contributed by atoms with Crippen molar-refractivity contribution in [3.63, 3.8) is 0 Å². The van der Waals surface area contributed by atoms with E-state index in [1.54, 1.807) is 0 Å². The van der Waals surface area contributed by atoms with E-state index in [2.05, 4.69) is 19.2 Å². The lowest BCUT2D eigenvalue weighted by molar-refractivity contribution is 0.0988. The van der Waals surface area contributed by atoms with Gasteiger partial charge in [0.25, 0.3) is 0 Å². The lowest BCUT2D eigenvalue weighted by Crippen LogP contribution is -2.37. The summed E-state index contributed by atoms with van der Waals surface area (Å²) in [4.78, 5) is 11.8. The molecule has 3 heteroatoms. The maximum absolute atomic E-state index is 11.8. The predicted molar refractivity (Wildman–Crippen MR) is 92.2 cm³/mol. The third kappa shape index (κ3) is 3.13. The van der Waals surface area contributed by atoms with E-state index in [1.165, 1.54) is 32.1 Å². The van der Waals surface area contributed by atoms with Crippen LogP contribution in [-0.2, 0) is 0 Å². The molecule has 0 aliphatic heterocycles. The number of ketones is 1. The van der Waals surface area contributed by atoms with Crippen LogP contribution in [0.1, 0.15) is 69.7 Å². The number of nitrogens with two attached hydrogens (primary N) is 1. The van der Waals surface area contributed by atoms with Gasteiger partial charge >= 0.3 is 0 Å². The van der Waals surface area contributed by atoms with E-state index in [1.807, 2.05) is 25.1 Å². The molecule has 3 nitrogen and oxygen atoms in total. The van der Waals surface area contributed by atoms with E-state index < -0.39 is 0 Å². The van der Waals surface area contributed by atoms with Crippen LogP contribution in [0.2, 0.25) is 0 Å². The molecule has 1 unspecified atom stereocenters. The molecule has 1 aromatic carbocycles. The van der Waals surface area contributed by atoms with Crippen LogP contribution in [0.3, 0.4) is 0 Å². The Bertz CT molecular complexity index is 581. The summed E-state index contributed by atoms with van der Waals surface area (Å²) >= 11 is 0. The number of nitrogens with one attached hydrogen (secondary N) is 1. The average Bonchev–Trinajstić information content (AvgIpc) is 3.16. The number of Topliss-reactive ketones (excluding diaryl/α,β-unsaturated/α-hetero) is 1. The standard InChI is InChI=1S/C19H28N2O/c1-4-17(22)13-5-6-16(15(20)9-13)21-14-10-18(2,3)12-19(11-14)7-8-19/h5-6,9,14,21H,4,7-8,10-12,20H2,1-3H3. The van der Waals surface area contributed by atoms with E-state index >= 15 is 0 Å². The van der Waals surface area contributed by atoms with E-state index in [-0.39, 0.29) is 5.78 Å². The molecule has 0 aromatic heterocycles. The van der Waals surface area contributed by atoms with Crippen molar-refractivity contribution in [2.24, 2.45) is 10.8 Å². The van der Waals surface area contributed by atoms with Crippen LogP contribution in [0.15, 0.2) is 18.2 Å². The minimum atomic E-state index is 0.147. The molecule has 0 saturated heterocycles. The fraction of sp³-hybridized carbons (Fsp3) is 0.632. The molecule has 22 heavy (non-hydrogen) atoms. The third-order valence-corrected chi connectivity index (χ3v) is 5.34. The van der Waals surface area contributed by atoms with Crippen molar-refractivity contribution in [1.82, 2.24) is 0 Å². The van der Waals surface area contributed by atoms with Gasteiger partial charge < -0.3 is 11.1 Å². The monoisotopic (exact) mass is 300 g/mol. The van der Waals surface area contributed by atoms with Crippen molar-refractivity contribution >= 4 is 17.2 Å². The van der Waals surface area contributed by atoms with E-state index in [0.29, 0.717) is 34.5 Å². The molecule has 2 fully saturated rings. The molecule has 1 spiro atoms. The van der Waals surface area contributed by atoms with Crippen LogP contribution in [0.4, 0.5) is 11.4 Å². The minimum absolute atomic E-state index is 0.147. The molecular formula is C19H28N2O. The zero-order valence-corrected chi connectivity index (χ0v) is 14.0. The summed E-state index contributed by atoms with van der Waals surface area (Å²) in [5.41, 5.74) is 9.54. The Balaban J connectivity index is 1.74. The highest BCUT2D eigenvalue weighted by molar-refractivity contribution is 5.97. The second-order valence-electron chi connectivity index (χ2n) is 8.17. The smallest absolute Gasteiger partial charge is 0.162 e. The molecular weight excluding hydrogens is 272 g/mol. The number of rotatable bonds is 4. The topological polar surface area (TPSA) is 55.1 Å². The summed E-state index contributed by atoms with van der Waals surface area (Å²) in [6.07, 6.45) is 7.08. The number of nitrogen functional groups attached to an aromatic ring is 1. The maximum Gasteiger partial charge on any atom is 0.162 e. The van der Waals surface area contributed by atoms with Gasteiger partial charge in [-0.25, -0.2) is 0 Å². The summed E-state index contributed by atoms with van der Waals surface area (Å²) in [6.45, 7) is 6.64. The van der Waals surface area contributed by atoms with Gasteiger partial charge in [0, 0.05) is 18.0 Å². The second kappa shape index (κ2) is 5.29. The van der Waals surface area contributed by atoms with Crippen LogP contribution >= 0.6 is 0 Å². The van der Waals surface area contributed by atoms with Crippen molar-refractivity contribution in [3.05, 3.63) is 23.8 Å². The minimum Gasteiger partial charge on any atom is -0.397 e. The quantitative estimate of drug-likeness (QED) is 0.629. The number of carbonyl (C=O) groups excluding carboxylic acids is 1. The van der Waals surface area contributed by atoms with Gasteiger partial charge in [0.2, 0.25) is 0 Å². The molecule has 1 atom stereocenters. The number of hydrogen-bond donors (Lipinski definition) is 2. The van der Waals surface area contributed by atoms with Gasteiger partial charge in [-0.1, -0.05) is 20.8 Å². The highest BCUT2D eigenvalue weighted by Crippen LogP contribution is 2.61. The first-order valence-corrected chi connectivity index (χ1v) is 8.52. The molecule has 3 N–H and O–H groups in total. The SMILES string of the molecule is CCC(=O)c1ccc(NC2CC(C)(C)CC3(CC3)C2)c(N)c1. The highest BCUT2D eigenvalue weighted by atomic mass is 16.1. The van der Waals surface area contributed by atoms with Crippen LogP contribution in [0.5, 0.6) is 0 Å². The Kier molecular flexibility index (Phi) is 3.70. The lowest BCUT2D eigenvalue weighted by Gasteiger charge is -2.41. The summed E-state index contributed by atoms with van der Waals surface area (Å²) in [5.74, 6) is 0.147. The zero-order valence-electron chi connectivity index (χ0n) is 14.0. The molecule has 0 radical (unpaired) electrons. The summed E-state index contributed by atoms with van der Waals surface area (Å²) in [5, 5.41) is 3.65. The van der Waals surface area contributed by atoms with Gasteiger partial charge in [0.15, 0.2) is 5.78 Å². The van der Waals surface area contributed by atoms with Gasteiger partial charge in [0.1, 0.15) is 0 Å². The Labute approximate surface area is 133 Å². The number of carbonyl (C=O) groups is 1. The Morgan fingerprint density at radius 2 is 2.05 bits per heavy atom. The van der Waals surface area contributed by atoms with Gasteiger partial charge in [-0.2, -0.15) is 0 Å². The molecule has 2 aliphatic rings. The zero-order chi connectivity index (χ0) is 16.0. The largest absolute Gasteiger partial charge is 0.397 e. The van der Waals surface area contributed by atoms with Crippen LogP contribution in [0, 0.1) is 10.8 Å². The average molecular weight is 300 g/mol. The van der Waals surface area contributed by atoms with Crippen molar-refractivity contribution in [1.29, 1.82) is 0 Å². The molecule has 2 aliphatic carbocycles. The molecule has 1 aromatic rings. The normalized spacial score (nSPS) is 25.0. The summed E-state index contributed by atoms with van der Waals surface area (Å²) in [6, 6.07) is 6.17.